The fourth-order valence-electron chi connectivity index (χ4n) is 1.70. The maximum Gasteiger partial charge on any atom is 0.324 e. The molecule has 0 radical (unpaired) electrons. The van der Waals surface area contributed by atoms with Gasteiger partial charge < -0.3 is 9.47 Å². The lowest BCUT2D eigenvalue weighted by Gasteiger charge is -2.16. The van der Waals surface area contributed by atoms with Crippen molar-refractivity contribution in [2.75, 3.05) is 12.4 Å². The molecule has 1 rings (SSSR count). The molecule has 8 heteroatoms. The predicted molar refractivity (Wildman–Crippen MR) is 83.3 cm³/mol. The van der Waals surface area contributed by atoms with Gasteiger partial charge in [0.25, 0.3) is 0 Å². The second-order valence-corrected chi connectivity index (χ2v) is 5.00. The Morgan fingerprint density at radius 2 is 2.09 bits per heavy atom. The first-order valence-electron chi connectivity index (χ1n) is 6.69. The van der Waals surface area contributed by atoms with E-state index in [0.29, 0.717) is 5.75 Å². The molecule has 0 aromatic heterocycles. The van der Waals surface area contributed by atoms with Crippen LogP contribution in [-0.4, -0.2) is 30.3 Å². The van der Waals surface area contributed by atoms with E-state index in [1.165, 1.54) is 6.92 Å². The van der Waals surface area contributed by atoms with Crippen molar-refractivity contribution >= 4 is 23.9 Å². The summed E-state index contributed by atoms with van der Waals surface area (Å²) < 4.78 is 12.7. The summed E-state index contributed by atoms with van der Waals surface area (Å²) in [6.07, 6.45) is 0. The molecule has 120 valence electrons. The van der Waals surface area contributed by atoms with E-state index in [1.54, 1.807) is 31.2 Å². The maximum absolute atomic E-state index is 11.8. The average molecular weight is 326 g/mol. The molecule has 0 aliphatic heterocycles. The molecule has 0 saturated carbocycles. The van der Waals surface area contributed by atoms with Crippen molar-refractivity contribution < 1.29 is 19.1 Å². The van der Waals surface area contributed by atoms with Gasteiger partial charge in [0.15, 0.2) is 0 Å². The number of nitroso groups, excluding NO2 is 1. The van der Waals surface area contributed by atoms with E-state index >= 15 is 0 Å². The van der Waals surface area contributed by atoms with Gasteiger partial charge in [-0.2, -0.15) is 0 Å². The van der Waals surface area contributed by atoms with Crippen molar-refractivity contribution in [3.63, 3.8) is 0 Å². The molecule has 0 aliphatic carbocycles. The molecular weight excluding hydrogens is 308 g/mol. The Balaban J connectivity index is 2.73. The van der Waals surface area contributed by atoms with E-state index in [2.05, 4.69) is 9.90 Å². The van der Waals surface area contributed by atoms with Crippen LogP contribution in [0.15, 0.2) is 28.8 Å². The lowest BCUT2D eigenvalue weighted by molar-refractivity contribution is -0.145. The third-order valence-electron chi connectivity index (χ3n) is 2.63. The van der Waals surface area contributed by atoms with Crippen LogP contribution >= 0.6 is 11.9 Å². The van der Waals surface area contributed by atoms with Crippen LogP contribution < -0.4 is 10.1 Å². The van der Waals surface area contributed by atoms with Crippen LogP contribution in [0.5, 0.6) is 5.75 Å². The molecule has 0 bridgehead atoms. The number of carbonyl (C=O) groups excluding carboxylic acids is 2. The Hall–Kier alpha value is -1.93. The largest absolute Gasteiger partial charge is 0.465 e. The topological polar surface area (TPSA) is 94.1 Å². The Morgan fingerprint density at radius 1 is 1.36 bits per heavy atom. The van der Waals surface area contributed by atoms with Gasteiger partial charge in [-0.05, 0) is 13.0 Å². The molecule has 1 N–H and O–H groups in total. The summed E-state index contributed by atoms with van der Waals surface area (Å²) in [6.45, 7) is 3.56. The SMILES string of the molecule is CCOC(=O)C(CSN=O)NCc1ccccc1OC(C)=O. The molecule has 0 amide bonds. The molecule has 0 saturated heterocycles. The second kappa shape index (κ2) is 9.91. The maximum atomic E-state index is 11.8. The molecular formula is C14H18N2O5S. The lowest BCUT2D eigenvalue weighted by atomic mass is 10.2. The van der Waals surface area contributed by atoms with E-state index in [0.717, 1.165) is 17.5 Å². The fraction of sp³-hybridized carbons (Fsp3) is 0.429. The van der Waals surface area contributed by atoms with Crippen LogP contribution in [0.3, 0.4) is 0 Å². The van der Waals surface area contributed by atoms with Crippen molar-refractivity contribution in [1.82, 2.24) is 5.32 Å². The molecule has 7 nitrogen and oxygen atoms in total. The van der Waals surface area contributed by atoms with Crippen molar-refractivity contribution in [3.8, 4) is 5.75 Å². The van der Waals surface area contributed by atoms with Crippen LogP contribution in [0.4, 0.5) is 0 Å². The Labute approximate surface area is 132 Å². The first kappa shape index (κ1) is 18.1. The van der Waals surface area contributed by atoms with E-state index < -0.39 is 18.0 Å². The van der Waals surface area contributed by atoms with Crippen LogP contribution in [-0.2, 0) is 20.9 Å². The first-order valence-corrected chi connectivity index (χ1v) is 7.63. The highest BCUT2D eigenvalue weighted by atomic mass is 32.2. The number of hydrogen-bond acceptors (Lipinski definition) is 8. The summed E-state index contributed by atoms with van der Waals surface area (Å²) in [5.74, 6) is -0.289. The summed E-state index contributed by atoms with van der Waals surface area (Å²) in [7, 11) is 0. The van der Waals surface area contributed by atoms with Gasteiger partial charge in [0.1, 0.15) is 11.8 Å². The van der Waals surface area contributed by atoms with Gasteiger partial charge in [-0.15, -0.1) is 4.91 Å². The number of para-hydroxylation sites is 1. The highest BCUT2D eigenvalue weighted by Crippen LogP contribution is 2.18. The van der Waals surface area contributed by atoms with Crippen LogP contribution in [0.2, 0.25) is 0 Å². The molecule has 22 heavy (non-hydrogen) atoms. The summed E-state index contributed by atoms with van der Waals surface area (Å²) in [6, 6.07) is 6.31. The van der Waals surface area contributed by atoms with Crippen molar-refractivity contribution in [2.45, 2.75) is 26.4 Å². The monoisotopic (exact) mass is 326 g/mol. The van der Waals surface area contributed by atoms with Crippen LogP contribution in [0.1, 0.15) is 19.4 Å². The van der Waals surface area contributed by atoms with Gasteiger partial charge in [0, 0.05) is 41.3 Å². The number of benzene rings is 1. The quantitative estimate of drug-likeness (QED) is 0.321. The Bertz CT molecular complexity index is 524. The summed E-state index contributed by atoms with van der Waals surface area (Å²) in [5.41, 5.74) is 0.719. The molecule has 0 aliphatic rings. The van der Waals surface area contributed by atoms with Crippen LogP contribution in [0, 0.1) is 4.91 Å². The molecule has 1 unspecified atom stereocenters. The molecule has 0 heterocycles. The number of nitrogens with zero attached hydrogens (tertiary/aromatic N) is 1. The molecule has 0 spiro atoms. The number of ether oxygens (including phenoxy) is 2. The van der Waals surface area contributed by atoms with Gasteiger partial charge in [0.2, 0.25) is 0 Å². The smallest absolute Gasteiger partial charge is 0.324 e. The summed E-state index contributed by atoms with van der Waals surface area (Å²) in [4.78, 5) is 33.1. The highest BCUT2D eigenvalue weighted by molar-refractivity contribution is 7.97. The minimum Gasteiger partial charge on any atom is -0.465 e. The number of hydrogen-bond donors (Lipinski definition) is 1. The number of nitrogens with one attached hydrogen (secondary N) is 1. The van der Waals surface area contributed by atoms with E-state index in [-0.39, 0.29) is 18.9 Å². The summed E-state index contributed by atoms with van der Waals surface area (Å²) in [5, 5.41) is 2.98. The molecule has 1 aromatic carbocycles. The van der Waals surface area contributed by atoms with Gasteiger partial charge >= 0.3 is 11.9 Å². The van der Waals surface area contributed by atoms with Crippen LogP contribution in [0.25, 0.3) is 0 Å². The lowest BCUT2D eigenvalue weighted by Crippen LogP contribution is -2.39. The fourth-order valence-corrected chi connectivity index (χ4v) is 2.16. The zero-order valence-electron chi connectivity index (χ0n) is 12.4. The van der Waals surface area contributed by atoms with E-state index in [9.17, 15) is 14.5 Å². The minimum atomic E-state index is -0.673. The third kappa shape index (κ3) is 6.23. The summed E-state index contributed by atoms with van der Waals surface area (Å²) >= 11 is 0.741. The van der Waals surface area contributed by atoms with Crippen molar-refractivity contribution in [1.29, 1.82) is 0 Å². The average Bonchev–Trinajstić information content (AvgIpc) is 2.48. The third-order valence-corrected chi connectivity index (χ3v) is 3.22. The number of esters is 2. The van der Waals surface area contributed by atoms with E-state index in [1.807, 2.05) is 0 Å². The zero-order chi connectivity index (χ0) is 16.4. The second-order valence-electron chi connectivity index (χ2n) is 4.26. The molecule has 0 fully saturated rings. The zero-order valence-corrected chi connectivity index (χ0v) is 13.2. The van der Waals surface area contributed by atoms with Gasteiger partial charge in [-0.25, -0.2) is 0 Å². The standard InChI is InChI=1S/C14H18N2O5S/c1-3-20-14(18)12(9-22-16-19)15-8-11-6-4-5-7-13(11)21-10(2)17/h4-7,12,15H,3,8-9H2,1-2H3. The van der Waals surface area contributed by atoms with E-state index in [4.69, 9.17) is 9.47 Å². The Morgan fingerprint density at radius 3 is 2.73 bits per heavy atom. The van der Waals surface area contributed by atoms with Crippen molar-refractivity contribution in [2.24, 2.45) is 4.58 Å². The minimum absolute atomic E-state index is 0.165. The molecule has 1 atom stereocenters. The first-order chi connectivity index (χ1) is 10.6. The number of rotatable bonds is 9. The normalized spacial score (nSPS) is 11.5. The Kier molecular flexibility index (Phi) is 8.16. The van der Waals surface area contributed by atoms with Gasteiger partial charge in [-0.3, -0.25) is 14.9 Å². The van der Waals surface area contributed by atoms with Gasteiger partial charge in [-0.1, -0.05) is 18.2 Å². The molecule has 1 aromatic rings. The number of carbonyl (C=O) groups is 2. The predicted octanol–water partition coefficient (Wildman–Crippen LogP) is 2.05. The van der Waals surface area contributed by atoms with Gasteiger partial charge in [0.05, 0.1) is 6.61 Å². The highest BCUT2D eigenvalue weighted by Gasteiger charge is 2.20. The van der Waals surface area contributed by atoms with Crippen molar-refractivity contribution in [3.05, 3.63) is 34.7 Å².